The van der Waals surface area contributed by atoms with Gasteiger partial charge in [-0.25, -0.2) is 0 Å². The van der Waals surface area contributed by atoms with Crippen LogP contribution in [0.4, 0.5) is 4.39 Å². The van der Waals surface area contributed by atoms with Gasteiger partial charge < -0.3 is 5.32 Å². The third kappa shape index (κ3) is 5.83. The molecule has 1 N–H and O–H groups in total. The van der Waals surface area contributed by atoms with Crippen LogP contribution in [0.25, 0.3) is 0 Å². The Hall–Kier alpha value is -0.110. The SMILES string of the molecule is CCCC(CCF)CCCC1CCNCC1. The Labute approximate surface area is 100 Å². The molecule has 1 rings (SSSR count). The highest BCUT2D eigenvalue weighted by Crippen LogP contribution is 2.23. The summed E-state index contributed by atoms with van der Waals surface area (Å²) in [5, 5.41) is 3.40. The fourth-order valence-electron chi connectivity index (χ4n) is 2.86. The molecule has 0 aromatic heterocycles. The summed E-state index contributed by atoms with van der Waals surface area (Å²) in [5.74, 6) is 1.59. The Bertz CT molecular complexity index is 149. The van der Waals surface area contributed by atoms with Crippen molar-refractivity contribution in [3.63, 3.8) is 0 Å². The molecule has 0 radical (unpaired) electrons. The average molecular weight is 229 g/mol. The van der Waals surface area contributed by atoms with E-state index >= 15 is 0 Å². The van der Waals surface area contributed by atoms with Crippen molar-refractivity contribution < 1.29 is 4.39 Å². The van der Waals surface area contributed by atoms with E-state index in [4.69, 9.17) is 0 Å². The monoisotopic (exact) mass is 229 g/mol. The molecular weight excluding hydrogens is 201 g/mol. The van der Waals surface area contributed by atoms with Gasteiger partial charge >= 0.3 is 0 Å². The molecule has 0 amide bonds. The third-order valence-corrected chi connectivity index (χ3v) is 3.90. The Balaban J connectivity index is 2.06. The number of halogens is 1. The van der Waals surface area contributed by atoms with Crippen LogP contribution in [0, 0.1) is 11.8 Å². The Morgan fingerprint density at radius 2 is 1.94 bits per heavy atom. The van der Waals surface area contributed by atoms with Crippen molar-refractivity contribution in [2.75, 3.05) is 19.8 Å². The number of hydrogen-bond acceptors (Lipinski definition) is 1. The van der Waals surface area contributed by atoms with Crippen molar-refractivity contribution >= 4 is 0 Å². The minimum Gasteiger partial charge on any atom is -0.317 e. The summed E-state index contributed by atoms with van der Waals surface area (Å²) in [5.41, 5.74) is 0. The first-order valence-corrected chi connectivity index (χ1v) is 7.13. The molecule has 0 saturated carbocycles. The second-order valence-electron chi connectivity index (χ2n) is 5.26. The Morgan fingerprint density at radius 1 is 1.19 bits per heavy atom. The van der Waals surface area contributed by atoms with Crippen LogP contribution >= 0.6 is 0 Å². The molecule has 0 aromatic carbocycles. The predicted octanol–water partition coefficient (Wildman–Crippen LogP) is 3.93. The summed E-state index contributed by atoms with van der Waals surface area (Å²) < 4.78 is 12.3. The van der Waals surface area contributed by atoms with E-state index in [1.807, 2.05) is 0 Å². The number of alkyl halides is 1. The summed E-state index contributed by atoms with van der Waals surface area (Å²) in [6, 6.07) is 0. The molecule has 1 aliphatic heterocycles. The highest BCUT2D eigenvalue weighted by atomic mass is 19.1. The van der Waals surface area contributed by atoms with Crippen LogP contribution in [0.15, 0.2) is 0 Å². The molecule has 1 aliphatic rings. The Morgan fingerprint density at radius 3 is 2.56 bits per heavy atom. The van der Waals surface area contributed by atoms with Crippen LogP contribution in [0.5, 0.6) is 0 Å². The molecule has 1 saturated heterocycles. The lowest BCUT2D eigenvalue weighted by atomic mass is 9.88. The molecule has 0 bridgehead atoms. The lowest BCUT2D eigenvalue weighted by Gasteiger charge is -2.23. The van der Waals surface area contributed by atoms with E-state index < -0.39 is 0 Å². The van der Waals surface area contributed by atoms with E-state index in [9.17, 15) is 4.39 Å². The molecule has 16 heavy (non-hydrogen) atoms. The third-order valence-electron chi connectivity index (χ3n) is 3.90. The van der Waals surface area contributed by atoms with Gasteiger partial charge in [-0.3, -0.25) is 4.39 Å². The molecule has 0 aliphatic carbocycles. The van der Waals surface area contributed by atoms with Gasteiger partial charge in [0, 0.05) is 0 Å². The summed E-state index contributed by atoms with van der Waals surface area (Å²) in [6.07, 6.45) is 9.85. The fourth-order valence-corrected chi connectivity index (χ4v) is 2.86. The predicted molar refractivity (Wildman–Crippen MR) is 68.4 cm³/mol. The summed E-state index contributed by atoms with van der Waals surface area (Å²) in [4.78, 5) is 0. The minimum absolute atomic E-state index is 0.127. The average Bonchev–Trinajstić information content (AvgIpc) is 2.31. The number of rotatable bonds is 8. The van der Waals surface area contributed by atoms with Crippen LogP contribution in [0.3, 0.4) is 0 Å². The minimum atomic E-state index is -0.127. The molecule has 1 nitrogen and oxygen atoms in total. The van der Waals surface area contributed by atoms with Gasteiger partial charge in [-0.15, -0.1) is 0 Å². The van der Waals surface area contributed by atoms with Crippen molar-refractivity contribution in [1.29, 1.82) is 0 Å². The van der Waals surface area contributed by atoms with E-state index in [1.165, 1.54) is 58.0 Å². The topological polar surface area (TPSA) is 12.0 Å². The molecule has 1 heterocycles. The molecule has 96 valence electrons. The second-order valence-corrected chi connectivity index (χ2v) is 5.26. The lowest BCUT2D eigenvalue weighted by Crippen LogP contribution is -2.27. The van der Waals surface area contributed by atoms with Gasteiger partial charge in [-0.1, -0.05) is 39.0 Å². The van der Waals surface area contributed by atoms with Gasteiger partial charge in [0.2, 0.25) is 0 Å². The first-order chi connectivity index (χ1) is 7.86. The normalized spacial score (nSPS) is 19.9. The van der Waals surface area contributed by atoms with E-state index in [0.717, 1.165) is 12.3 Å². The molecule has 0 aromatic rings. The molecular formula is C14H28FN. The fraction of sp³-hybridized carbons (Fsp3) is 1.00. The molecule has 1 unspecified atom stereocenters. The number of nitrogens with one attached hydrogen (secondary N) is 1. The maximum atomic E-state index is 12.3. The summed E-state index contributed by atoms with van der Waals surface area (Å²) >= 11 is 0. The zero-order chi connectivity index (χ0) is 11.6. The standard InChI is InChI=1S/C14H28FN/c1-2-4-13(7-10-15)5-3-6-14-8-11-16-12-9-14/h13-14,16H,2-12H2,1H3. The van der Waals surface area contributed by atoms with Gasteiger partial charge in [0.25, 0.3) is 0 Å². The van der Waals surface area contributed by atoms with E-state index in [1.54, 1.807) is 0 Å². The molecule has 1 fully saturated rings. The largest absolute Gasteiger partial charge is 0.317 e. The smallest absolute Gasteiger partial charge is 0.0897 e. The first kappa shape index (κ1) is 14.0. The second kappa shape index (κ2) is 8.98. The Kier molecular flexibility index (Phi) is 7.83. The highest BCUT2D eigenvalue weighted by molar-refractivity contribution is 4.69. The zero-order valence-electron chi connectivity index (χ0n) is 10.8. The van der Waals surface area contributed by atoms with Gasteiger partial charge in [0.1, 0.15) is 0 Å². The molecule has 2 heteroatoms. The van der Waals surface area contributed by atoms with Crippen molar-refractivity contribution in [3.05, 3.63) is 0 Å². The summed E-state index contributed by atoms with van der Waals surface area (Å²) in [6.45, 7) is 4.48. The number of hydrogen-bond donors (Lipinski definition) is 1. The number of piperidine rings is 1. The van der Waals surface area contributed by atoms with Crippen molar-refractivity contribution in [2.45, 2.75) is 58.3 Å². The highest BCUT2D eigenvalue weighted by Gasteiger charge is 2.14. The van der Waals surface area contributed by atoms with Gasteiger partial charge in [-0.2, -0.15) is 0 Å². The van der Waals surface area contributed by atoms with Crippen LogP contribution in [0.1, 0.15) is 58.3 Å². The van der Waals surface area contributed by atoms with E-state index in [-0.39, 0.29) is 6.67 Å². The van der Waals surface area contributed by atoms with Crippen LogP contribution in [-0.2, 0) is 0 Å². The van der Waals surface area contributed by atoms with Gasteiger partial charge in [0.15, 0.2) is 0 Å². The summed E-state index contributed by atoms with van der Waals surface area (Å²) in [7, 11) is 0. The van der Waals surface area contributed by atoms with Crippen molar-refractivity contribution in [3.8, 4) is 0 Å². The van der Waals surface area contributed by atoms with Crippen molar-refractivity contribution in [2.24, 2.45) is 11.8 Å². The van der Waals surface area contributed by atoms with E-state index in [2.05, 4.69) is 12.2 Å². The zero-order valence-corrected chi connectivity index (χ0v) is 10.8. The van der Waals surface area contributed by atoms with Crippen LogP contribution in [0.2, 0.25) is 0 Å². The van der Waals surface area contributed by atoms with E-state index in [0.29, 0.717) is 5.92 Å². The maximum Gasteiger partial charge on any atom is 0.0897 e. The van der Waals surface area contributed by atoms with Gasteiger partial charge in [-0.05, 0) is 44.2 Å². The lowest BCUT2D eigenvalue weighted by molar-refractivity contribution is 0.306. The van der Waals surface area contributed by atoms with Crippen LogP contribution in [-0.4, -0.2) is 19.8 Å². The van der Waals surface area contributed by atoms with Crippen molar-refractivity contribution in [1.82, 2.24) is 5.32 Å². The maximum absolute atomic E-state index is 12.3. The van der Waals surface area contributed by atoms with Crippen LogP contribution < -0.4 is 5.32 Å². The quantitative estimate of drug-likeness (QED) is 0.665. The molecule has 0 spiro atoms. The molecule has 1 atom stereocenters. The first-order valence-electron chi connectivity index (χ1n) is 7.13. The van der Waals surface area contributed by atoms with Gasteiger partial charge in [0.05, 0.1) is 6.67 Å².